The lowest BCUT2D eigenvalue weighted by molar-refractivity contribution is -0.339. The van der Waals surface area contributed by atoms with Crippen LogP contribution in [0.1, 0.15) is 35.4 Å². The zero-order chi connectivity index (χ0) is 38.3. The first kappa shape index (κ1) is 39.3. The van der Waals surface area contributed by atoms with E-state index in [4.69, 9.17) is 42.6 Å². The minimum atomic E-state index is -1.92. The van der Waals surface area contributed by atoms with Gasteiger partial charge in [0.2, 0.25) is 18.3 Å². The number of carbonyl (C=O) groups is 1. The molecule has 0 bridgehead atoms. The van der Waals surface area contributed by atoms with Gasteiger partial charge in [-0.1, -0.05) is 12.1 Å². The van der Waals surface area contributed by atoms with Gasteiger partial charge in [0.1, 0.15) is 84.2 Å². The van der Waals surface area contributed by atoms with E-state index >= 15 is 0 Å². The highest BCUT2D eigenvalue weighted by Crippen LogP contribution is 2.51. The van der Waals surface area contributed by atoms with Crippen LogP contribution in [0.15, 0.2) is 30.3 Å². The molecule has 0 spiro atoms. The summed E-state index contributed by atoms with van der Waals surface area (Å²) in [5.74, 6) is -0.828. The van der Waals surface area contributed by atoms with Crippen molar-refractivity contribution in [1.29, 1.82) is 0 Å². The SMILES string of the molecule is COc1ccc(C2CC(=O)c3c(OC4OC(C)C(O)C(O)C4O)cc(OC4OC(CO)C(OC5OCC(O)C(O)C5O)C(O)C4O)c(OC)c3O2)cc1. The Kier molecular flexibility index (Phi) is 12.0. The topological polar surface area (TPSA) is 282 Å². The average Bonchev–Trinajstić information content (AvgIpc) is 3.15. The third kappa shape index (κ3) is 7.63. The number of methoxy groups -OCH3 is 2. The van der Waals surface area contributed by atoms with Crippen molar-refractivity contribution in [3.8, 4) is 28.7 Å². The smallest absolute Gasteiger partial charge is 0.229 e. The van der Waals surface area contributed by atoms with E-state index in [1.54, 1.807) is 24.3 Å². The standard InChI is InChI=1S/C34H44O19/c1-12-22(38)24(40)27(43)33(48-12)50-18-9-19(30(46-3)31-21(18)15(36)8-17(49-31)13-4-6-14(45-2)7-5-13)51-34-28(44)25(41)29(20(10-35)52-34)53-32-26(42)23(39)16(37)11-47-32/h4-7,9,12,16-17,20,22-29,32-35,37-44H,8,10-11H2,1-3H3. The van der Waals surface area contributed by atoms with Crippen LogP contribution in [0.25, 0.3) is 0 Å². The molecule has 294 valence electrons. The Labute approximate surface area is 302 Å². The first-order valence-electron chi connectivity index (χ1n) is 16.8. The number of ether oxygens (including phenoxy) is 9. The van der Waals surface area contributed by atoms with Crippen molar-refractivity contribution in [3.63, 3.8) is 0 Å². The van der Waals surface area contributed by atoms with Crippen LogP contribution in [0.5, 0.6) is 28.7 Å². The summed E-state index contributed by atoms with van der Waals surface area (Å²) in [5, 5.41) is 94.0. The van der Waals surface area contributed by atoms with Gasteiger partial charge in [-0.25, -0.2) is 0 Å². The number of fused-ring (bicyclic) bond motifs is 1. The summed E-state index contributed by atoms with van der Waals surface area (Å²) in [7, 11) is 2.75. The molecule has 6 rings (SSSR count). The molecule has 19 nitrogen and oxygen atoms in total. The van der Waals surface area contributed by atoms with Crippen molar-refractivity contribution in [2.45, 2.75) is 105 Å². The fourth-order valence-electron chi connectivity index (χ4n) is 6.54. The van der Waals surface area contributed by atoms with Gasteiger partial charge in [-0.15, -0.1) is 0 Å². The van der Waals surface area contributed by atoms with Gasteiger partial charge in [-0.3, -0.25) is 4.79 Å². The maximum atomic E-state index is 13.9. The van der Waals surface area contributed by atoms with Gasteiger partial charge in [0, 0.05) is 6.07 Å². The van der Waals surface area contributed by atoms with E-state index in [1.807, 2.05) is 0 Å². The van der Waals surface area contributed by atoms with Crippen molar-refractivity contribution in [2.24, 2.45) is 0 Å². The Hall–Kier alpha value is -3.41. The monoisotopic (exact) mass is 756 g/mol. The van der Waals surface area contributed by atoms with Crippen molar-refractivity contribution in [3.05, 3.63) is 41.5 Å². The zero-order valence-electron chi connectivity index (χ0n) is 28.8. The molecule has 0 aliphatic carbocycles. The Morgan fingerprint density at radius 1 is 0.755 bits per heavy atom. The molecule has 9 N–H and O–H groups in total. The molecule has 0 amide bonds. The van der Waals surface area contributed by atoms with Crippen LogP contribution in [-0.4, -0.2) is 165 Å². The first-order chi connectivity index (χ1) is 25.3. The molecule has 3 fully saturated rings. The fourth-order valence-corrected chi connectivity index (χ4v) is 6.54. The number of aliphatic hydroxyl groups excluding tert-OH is 9. The number of aliphatic hydroxyl groups is 9. The number of ketones is 1. The molecule has 53 heavy (non-hydrogen) atoms. The molecule has 3 saturated heterocycles. The van der Waals surface area contributed by atoms with Gasteiger partial charge >= 0.3 is 0 Å². The fraction of sp³-hybridized carbons (Fsp3) is 0.618. The summed E-state index contributed by atoms with van der Waals surface area (Å²) >= 11 is 0. The zero-order valence-corrected chi connectivity index (χ0v) is 28.8. The molecule has 4 aliphatic rings. The normalized spacial score (nSPS) is 38.7. The van der Waals surface area contributed by atoms with Crippen molar-refractivity contribution in [2.75, 3.05) is 27.4 Å². The van der Waals surface area contributed by atoms with Crippen LogP contribution < -0.4 is 23.7 Å². The van der Waals surface area contributed by atoms with E-state index < -0.39 is 111 Å². The predicted molar refractivity (Wildman–Crippen MR) is 172 cm³/mol. The largest absolute Gasteiger partial charge is 0.497 e. The van der Waals surface area contributed by atoms with Crippen LogP contribution in [0.2, 0.25) is 0 Å². The molecule has 15 unspecified atom stereocenters. The molecule has 4 heterocycles. The molecule has 0 aromatic heterocycles. The minimum Gasteiger partial charge on any atom is -0.497 e. The second-order valence-electron chi connectivity index (χ2n) is 13.1. The predicted octanol–water partition coefficient (Wildman–Crippen LogP) is -2.74. The highest BCUT2D eigenvalue weighted by Gasteiger charge is 2.50. The second-order valence-corrected chi connectivity index (χ2v) is 13.1. The van der Waals surface area contributed by atoms with Crippen molar-refractivity contribution in [1.82, 2.24) is 0 Å². The summed E-state index contributed by atoms with van der Waals surface area (Å²) in [5.41, 5.74) is 0.450. The Morgan fingerprint density at radius 2 is 1.40 bits per heavy atom. The van der Waals surface area contributed by atoms with Crippen LogP contribution in [0.4, 0.5) is 0 Å². The highest BCUT2D eigenvalue weighted by atomic mass is 16.7. The number of hydrogen-bond acceptors (Lipinski definition) is 19. The molecule has 2 aromatic rings. The molecule has 2 aromatic carbocycles. The van der Waals surface area contributed by atoms with Gasteiger partial charge < -0.3 is 88.6 Å². The Bertz CT molecular complexity index is 1570. The number of rotatable bonds is 10. The third-order valence-electron chi connectivity index (χ3n) is 9.63. The highest BCUT2D eigenvalue weighted by molar-refractivity contribution is 6.04. The average molecular weight is 757 g/mol. The van der Waals surface area contributed by atoms with Crippen LogP contribution in [0, 0.1) is 0 Å². The lowest BCUT2D eigenvalue weighted by Gasteiger charge is -2.44. The maximum Gasteiger partial charge on any atom is 0.229 e. The van der Waals surface area contributed by atoms with Crippen LogP contribution in [0.3, 0.4) is 0 Å². The van der Waals surface area contributed by atoms with E-state index in [9.17, 15) is 50.8 Å². The van der Waals surface area contributed by atoms with Gasteiger partial charge in [-0.2, -0.15) is 0 Å². The molecule has 4 aliphatic heterocycles. The Balaban J connectivity index is 1.33. The summed E-state index contributed by atoms with van der Waals surface area (Å²) in [6.07, 6.45) is -23.4. The van der Waals surface area contributed by atoms with Crippen molar-refractivity contribution >= 4 is 5.78 Å². The molecular weight excluding hydrogens is 712 g/mol. The van der Waals surface area contributed by atoms with Gasteiger partial charge in [0.25, 0.3) is 0 Å². The third-order valence-corrected chi connectivity index (χ3v) is 9.63. The Morgan fingerprint density at radius 3 is 2.06 bits per heavy atom. The summed E-state index contributed by atoms with van der Waals surface area (Å²) in [6, 6.07) is 7.92. The summed E-state index contributed by atoms with van der Waals surface area (Å²) in [4.78, 5) is 13.9. The van der Waals surface area contributed by atoms with E-state index in [0.717, 1.165) is 6.07 Å². The van der Waals surface area contributed by atoms with E-state index in [0.29, 0.717) is 11.3 Å². The van der Waals surface area contributed by atoms with E-state index in [1.165, 1.54) is 21.1 Å². The lowest BCUT2D eigenvalue weighted by atomic mass is 9.94. The quantitative estimate of drug-likeness (QED) is 0.119. The minimum absolute atomic E-state index is 0.145. The number of hydrogen-bond donors (Lipinski definition) is 9. The number of Topliss-reactive ketones (excluding diaryl/α,β-unsaturated/α-hetero) is 1. The molecule has 0 radical (unpaired) electrons. The van der Waals surface area contributed by atoms with E-state index in [2.05, 4.69) is 0 Å². The van der Waals surface area contributed by atoms with E-state index in [-0.39, 0.29) is 35.0 Å². The number of carbonyl (C=O) groups excluding carboxylic acids is 1. The van der Waals surface area contributed by atoms with Gasteiger partial charge in [0.15, 0.2) is 23.6 Å². The first-order valence-corrected chi connectivity index (χ1v) is 16.8. The van der Waals surface area contributed by atoms with Crippen LogP contribution in [-0.2, 0) is 18.9 Å². The van der Waals surface area contributed by atoms with Crippen molar-refractivity contribution < 1.29 is 93.4 Å². The summed E-state index contributed by atoms with van der Waals surface area (Å²) < 4.78 is 51.4. The molecule has 19 heteroatoms. The lowest BCUT2D eigenvalue weighted by Crippen LogP contribution is -2.63. The number of benzene rings is 2. The van der Waals surface area contributed by atoms with Gasteiger partial charge in [0.05, 0.1) is 40.0 Å². The maximum absolute atomic E-state index is 13.9. The molecular formula is C34H44O19. The molecule has 0 saturated carbocycles. The van der Waals surface area contributed by atoms with Gasteiger partial charge in [-0.05, 0) is 24.6 Å². The second kappa shape index (κ2) is 16.1. The van der Waals surface area contributed by atoms with Crippen LogP contribution >= 0.6 is 0 Å². The molecule has 15 atom stereocenters. The summed E-state index contributed by atoms with van der Waals surface area (Å²) in [6.45, 7) is 0.219.